The van der Waals surface area contributed by atoms with E-state index in [1.54, 1.807) is 0 Å². The Balaban J connectivity index is 1.37. The van der Waals surface area contributed by atoms with Crippen LogP contribution in [0.25, 0.3) is 10.9 Å². The van der Waals surface area contributed by atoms with Crippen molar-refractivity contribution < 1.29 is 4.79 Å². The van der Waals surface area contributed by atoms with Crippen LogP contribution in [0, 0.1) is 5.92 Å². The third-order valence-electron chi connectivity index (χ3n) is 6.62. The van der Waals surface area contributed by atoms with Gasteiger partial charge in [0.25, 0.3) is 5.91 Å². The molecule has 4 nitrogen and oxygen atoms in total. The Hall–Kier alpha value is -2.88. The number of hydrogen-bond acceptors (Lipinski definition) is 2. The number of rotatable bonds is 3. The zero-order chi connectivity index (χ0) is 20.0. The number of carbonyl (C=O) groups excluding carboxylic acids is 1. The molecule has 0 bridgehead atoms. The lowest BCUT2D eigenvalue weighted by Crippen LogP contribution is -2.41. The normalized spacial score (nSPS) is 19.1. The monoisotopic (exact) mass is 386 g/mol. The highest BCUT2D eigenvalue weighted by Gasteiger charge is 2.28. The fourth-order valence-electron chi connectivity index (χ4n) is 5.03. The Labute approximate surface area is 170 Å². The molecule has 0 unspecified atom stereocenters. The van der Waals surface area contributed by atoms with Crippen molar-refractivity contribution in [1.29, 1.82) is 0 Å². The Morgan fingerprint density at radius 2 is 1.79 bits per heavy atom. The first-order valence-corrected chi connectivity index (χ1v) is 10.6. The van der Waals surface area contributed by atoms with Crippen molar-refractivity contribution in [1.82, 2.24) is 9.47 Å². The highest BCUT2D eigenvalue weighted by Crippen LogP contribution is 2.31. The van der Waals surface area contributed by atoms with Gasteiger partial charge in [-0.05, 0) is 55.7 Å². The minimum atomic E-state index is -0.122. The highest BCUT2D eigenvalue weighted by atomic mass is 16.2. The standard InChI is InChI=1S/C25H26N2O2/c1-17-14-20-8-5-9-21-23(20)27(17)16-22(24(21)28)25(29)26-12-10-19(11-13-26)15-18-6-3-2-4-7-18/h2-9,16-17,19H,10-15H2,1H3/t17-/m1/s1. The van der Waals surface area contributed by atoms with Crippen molar-refractivity contribution in [3.05, 3.63) is 81.6 Å². The predicted octanol–water partition coefficient (Wildman–Crippen LogP) is 4.21. The van der Waals surface area contributed by atoms with Crippen LogP contribution in [0.5, 0.6) is 0 Å². The molecule has 0 saturated carbocycles. The Morgan fingerprint density at radius 3 is 2.55 bits per heavy atom. The van der Waals surface area contributed by atoms with Crippen LogP contribution >= 0.6 is 0 Å². The fraction of sp³-hybridized carbons (Fsp3) is 0.360. The number of para-hydroxylation sites is 1. The molecule has 1 fully saturated rings. The summed E-state index contributed by atoms with van der Waals surface area (Å²) in [6, 6.07) is 16.7. The van der Waals surface area contributed by atoms with E-state index in [0.29, 0.717) is 16.9 Å². The van der Waals surface area contributed by atoms with Gasteiger partial charge in [-0.1, -0.05) is 42.5 Å². The van der Waals surface area contributed by atoms with Gasteiger partial charge in [-0.25, -0.2) is 0 Å². The van der Waals surface area contributed by atoms with Gasteiger partial charge in [-0.2, -0.15) is 0 Å². The molecular formula is C25H26N2O2. The van der Waals surface area contributed by atoms with Crippen LogP contribution in [0.15, 0.2) is 59.5 Å². The molecule has 2 aromatic carbocycles. The summed E-state index contributed by atoms with van der Waals surface area (Å²) in [5.41, 5.74) is 3.77. The lowest BCUT2D eigenvalue weighted by Gasteiger charge is -2.32. The molecule has 2 aliphatic heterocycles. The van der Waals surface area contributed by atoms with E-state index in [1.807, 2.05) is 29.3 Å². The minimum absolute atomic E-state index is 0.108. The van der Waals surface area contributed by atoms with Gasteiger partial charge in [0.05, 0.1) is 5.52 Å². The molecule has 148 valence electrons. The Kier molecular flexibility index (Phi) is 4.50. The van der Waals surface area contributed by atoms with Gasteiger partial charge < -0.3 is 9.47 Å². The number of pyridine rings is 1. The molecular weight excluding hydrogens is 360 g/mol. The highest BCUT2D eigenvalue weighted by molar-refractivity contribution is 5.98. The molecule has 0 N–H and O–H groups in total. The van der Waals surface area contributed by atoms with Gasteiger partial charge in [0, 0.05) is 30.7 Å². The number of nitrogens with zero attached hydrogens (tertiary/aromatic N) is 2. The zero-order valence-electron chi connectivity index (χ0n) is 16.8. The molecule has 4 heteroatoms. The topological polar surface area (TPSA) is 42.3 Å². The summed E-state index contributed by atoms with van der Waals surface area (Å²) >= 11 is 0. The van der Waals surface area contributed by atoms with E-state index in [0.717, 1.165) is 44.3 Å². The lowest BCUT2D eigenvalue weighted by molar-refractivity contribution is 0.0688. The van der Waals surface area contributed by atoms with E-state index in [1.165, 1.54) is 11.1 Å². The third kappa shape index (κ3) is 3.17. The smallest absolute Gasteiger partial charge is 0.259 e. The number of piperidine rings is 1. The molecule has 5 rings (SSSR count). The van der Waals surface area contributed by atoms with Gasteiger partial charge in [0.2, 0.25) is 5.43 Å². The van der Waals surface area contributed by atoms with Crippen molar-refractivity contribution in [2.24, 2.45) is 5.92 Å². The summed E-state index contributed by atoms with van der Waals surface area (Å²) in [6.07, 6.45) is 5.77. The van der Waals surface area contributed by atoms with Crippen LogP contribution in [-0.4, -0.2) is 28.5 Å². The molecule has 3 aromatic rings. The average molecular weight is 386 g/mol. The van der Waals surface area contributed by atoms with Crippen LogP contribution in [0.3, 0.4) is 0 Å². The largest absolute Gasteiger partial charge is 0.343 e. The molecule has 3 heterocycles. The van der Waals surface area contributed by atoms with E-state index in [-0.39, 0.29) is 17.4 Å². The summed E-state index contributed by atoms with van der Waals surface area (Å²) in [6.45, 7) is 3.60. The Bertz CT molecular complexity index is 1120. The second kappa shape index (κ2) is 7.18. The molecule has 0 radical (unpaired) electrons. The maximum atomic E-state index is 13.2. The van der Waals surface area contributed by atoms with E-state index in [9.17, 15) is 9.59 Å². The van der Waals surface area contributed by atoms with E-state index in [2.05, 4.69) is 41.8 Å². The first kappa shape index (κ1) is 18.2. The quantitative estimate of drug-likeness (QED) is 0.677. The van der Waals surface area contributed by atoms with Gasteiger partial charge in [0.1, 0.15) is 5.56 Å². The van der Waals surface area contributed by atoms with Gasteiger partial charge in [0.15, 0.2) is 0 Å². The summed E-state index contributed by atoms with van der Waals surface area (Å²) in [4.78, 5) is 28.2. The number of benzene rings is 2. The molecule has 2 aliphatic rings. The molecule has 29 heavy (non-hydrogen) atoms. The fourth-order valence-corrected chi connectivity index (χ4v) is 5.03. The maximum absolute atomic E-state index is 13.2. The predicted molar refractivity (Wildman–Crippen MR) is 115 cm³/mol. The summed E-state index contributed by atoms with van der Waals surface area (Å²) in [5.74, 6) is 0.489. The van der Waals surface area contributed by atoms with Crippen LogP contribution < -0.4 is 5.43 Å². The van der Waals surface area contributed by atoms with E-state index < -0.39 is 0 Å². The first-order valence-electron chi connectivity index (χ1n) is 10.6. The number of amides is 1. The molecule has 1 amide bonds. The number of carbonyl (C=O) groups is 1. The van der Waals surface area contributed by atoms with E-state index >= 15 is 0 Å². The molecule has 0 aliphatic carbocycles. The minimum Gasteiger partial charge on any atom is -0.343 e. The van der Waals surface area contributed by atoms with Crippen molar-refractivity contribution >= 4 is 16.8 Å². The lowest BCUT2D eigenvalue weighted by atomic mass is 9.90. The molecule has 1 aromatic heterocycles. The third-order valence-corrected chi connectivity index (χ3v) is 6.62. The average Bonchev–Trinajstić information content (AvgIpc) is 3.07. The van der Waals surface area contributed by atoms with Gasteiger partial charge in [-0.3, -0.25) is 9.59 Å². The number of hydrogen-bond donors (Lipinski definition) is 0. The van der Waals surface area contributed by atoms with Crippen LogP contribution in [0.4, 0.5) is 0 Å². The number of likely N-dealkylation sites (tertiary alicyclic amines) is 1. The van der Waals surface area contributed by atoms with Crippen LogP contribution in [-0.2, 0) is 12.8 Å². The van der Waals surface area contributed by atoms with E-state index in [4.69, 9.17) is 0 Å². The van der Waals surface area contributed by atoms with Crippen molar-refractivity contribution in [3.8, 4) is 0 Å². The molecule has 1 atom stereocenters. The molecule has 1 saturated heterocycles. The van der Waals surface area contributed by atoms with Crippen molar-refractivity contribution in [3.63, 3.8) is 0 Å². The van der Waals surface area contributed by atoms with Crippen LogP contribution in [0.1, 0.15) is 47.3 Å². The van der Waals surface area contributed by atoms with Crippen LogP contribution in [0.2, 0.25) is 0 Å². The van der Waals surface area contributed by atoms with Gasteiger partial charge >= 0.3 is 0 Å². The second-order valence-corrected chi connectivity index (χ2v) is 8.57. The maximum Gasteiger partial charge on any atom is 0.259 e. The molecule has 0 spiro atoms. The summed E-state index contributed by atoms with van der Waals surface area (Å²) < 4.78 is 2.13. The van der Waals surface area contributed by atoms with Gasteiger partial charge in [-0.15, -0.1) is 0 Å². The SMILES string of the molecule is C[C@@H]1Cc2cccc3c(=O)c(C(=O)N4CCC(Cc5ccccc5)CC4)cn1c23. The Morgan fingerprint density at radius 1 is 1.03 bits per heavy atom. The van der Waals surface area contributed by atoms with Crippen molar-refractivity contribution in [2.45, 2.75) is 38.6 Å². The summed E-state index contributed by atoms with van der Waals surface area (Å²) in [5, 5.41) is 0.677. The van der Waals surface area contributed by atoms with Crippen molar-refractivity contribution in [2.75, 3.05) is 13.1 Å². The summed E-state index contributed by atoms with van der Waals surface area (Å²) in [7, 11) is 0. The first-order chi connectivity index (χ1) is 14.1. The zero-order valence-corrected chi connectivity index (χ0v) is 16.8. The second-order valence-electron chi connectivity index (χ2n) is 8.57. The number of aromatic nitrogens is 1.